The highest BCUT2D eigenvalue weighted by atomic mass is 35.5. The van der Waals surface area contributed by atoms with Crippen LogP contribution < -0.4 is 11.3 Å². The lowest BCUT2D eigenvalue weighted by molar-refractivity contribution is 0.0571. The van der Waals surface area contributed by atoms with E-state index in [1.165, 1.54) is 10.6 Å². The molecule has 1 aliphatic rings. The minimum Gasteiger partial charge on any atom is -0.334 e. The van der Waals surface area contributed by atoms with E-state index in [2.05, 4.69) is 11.9 Å². The maximum atomic E-state index is 12.8. The van der Waals surface area contributed by atoms with Crippen LogP contribution in [0.4, 0.5) is 0 Å². The van der Waals surface area contributed by atoms with E-state index in [1.54, 1.807) is 29.3 Å². The zero-order valence-corrected chi connectivity index (χ0v) is 13.8. The number of fused-ring (bicyclic) bond motifs is 1. The molecule has 3 heterocycles. The third-order valence-electron chi connectivity index (χ3n) is 4.35. The van der Waals surface area contributed by atoms with Gasteiger partial charge in [-0.15, -0.1) is 12.4 Å². The Hall–Kier alpha value is -1.92. The van der Waals surface area contributed by atoms with Gasteiger partial charge in [0.05, 0.1) is 0 Å². The summed E-state index contributed by atoms with van der Waals surface area (Å²) < 4.78 is 1.40. The minimum atomic E-state index is -0.329. The molecule has 1 fully saturated rings. The highest BCUT2D eigenvalue weighted by molar-refractivity contribution is 5.94. The summed E-state index contributed by atoms with van der Waals surface area (Å²) in [6.45, 7) is 3.22. The Labute approximate surface area is 140 Å². The number of nitrogens with two attached hydrogens (primary N) is 1. The molecule has 1 amide bonds. The summed E-state index contributed by atoms with van der Waals surface area (Å²) in [6.07, 6.45) is 4.82. The number of likely N-dealkylation sites (tertiary alicyclic amines) is 1. The summed E-state index contributed by atoms with van der Waals surface area (Å²) in [4.78, 5) is 31.2. The Balaban J connectivity index is 0.00000192. The molecule has 2 N–H and O–H groups in total. The average Bonchev–Trinajstić information content (AvgIpc) is 2.54. The number of pyridine rings is 1. The summed E-state index contributed by atoms with van der Waals surface area (Å²) in [7, 11) is 0. The number of aromatic nitrogens is 2. The number of hydrogen-bond donors (Lipinski definition) is 1. The van der Waals surface area contributed by atoms with Crippen molar-refractivity contribution in [1.82, 2.24) is 14.3 Å². The van der Waals surface area contributed by atoms with Crippen LogP contribution in [0.15, 0.2) is 35.4 Å². The molecule has 23 heavy (non-hydrogen) atoms. The summed E-state index contributed by atoms with van der Waals surface area (Å²) in [5.41, 5.74) is 6.12. The van der Waals surface area contributed by atoms with Gasteiger partial charge in [0.15, 0.2) is 0 Å². The van der Waals surface area contributed by atoms with Gasteiger partial charge < -0.3 is 10.6 Å². The Kier molecular flexibility index (Phi) is 5.38. The van der Waals surface area contributed by atoms with Gasteiger partial charge in [-0.25, -0.2) is 4.98 Å². The fraction of sp³-hybridized carbons (Fsp3) is 0.438. The lowest BCUT2D eigenvalue weighted by atomic mass is 9.92. The molecular formula is C16H21ClN4O2. The molecule has 2 atom stereocenters. The Bertz CT molecular complexity index is 761. The normalized spacial score (nSPS) is 21.0. The van der Waals surface area contributed by atoms with Gasteiger partial charge in [0, 0.05) is 31.5 Å². The van der Waals surface area contributed by atoms with Crippen LogP contribution in [0.2, 0.25) is 0 Å². The molecule has 0 aliphatic carbocycles. The molecular weight excluding hydrogens is 316 g/mol. The molecule has 0 saturated carbocycles. The zero-order valence-electron chi connectivity index (χ0n) is 13.0. The first-order valence-electron chi connectivity index (χ1n) is 7.59. The number of rotatable bonds is 2. The fourth-order valence-corrected chi connectivity index (χ4v) is 3.07. The maximum Gasteiger partial charge on any atom is 0.270 e. The second kappa shape index (κ2) is 7.10. The summed E-state index contributed by atoms with van der Waals surface area (Å²) in [6, 6.07) is 5.28. The molecule has 0 bridgehead atoms. The quantitative estimate of drug-likeness (QED) is 0.896. The van der Waals surface area contributed by atoms with Crippen LogP contribution in [0.3, 0.4) is 0 Å². The summed E-state index contributed by atoms with van der Waals surface area (Å²) in [5, 5.41) is 0. The Morgan fingerprint density at radius 3 is 2.96 bits per heavy atom. The molecule has 0 spiro atoms. The fourth-order valence-electron chi connectivity index (χ4n) is 3.07. The average molecular weight is 337 g/mol. The highest BCUT2D eigenvalue weighted by Gasteiger charge is 2.31. The smallest absolute Gasteiger partial charge is 0.270 e. The van der Waals surface area contributed by atoms with E-state index in [9.17, 15) is 9.59 Å². The van der Waals surface area contributed by atoms with E-state index < -0.39 is 0 Å². The first-order chi connectivity index (χ1) is 10.6. The number of carbonyl (C=O) groups is 1. The van der Waals surface area contributed by atoms with Crippen LogP contribution in [-0.2, 0) is 0 Å². The van der Waals surface area contributed by atoms with E-state index in [-0.39, 0.29) is 35.5 Å². The van der Waals surface area contributed by atoms with E-state index in [0.29, 0.717) is 24.7 Å². The van der Waals surface area contributed by atoms with Crippen LogP contribution in [-0.4, -0.2) is 39.3 Å². The first kappa shape index (κ1) is 17.4. The third kappa shape index (κ3) is 3.23. The van der Waals surface area contributed by atoms with Crippen molar-refractivity contribution in [1.29, 1.82) is 0 Å². The number of piperidine rings is 1. The van der Waals surface area contributed by atoms with Gasteiger partial charge in [-0.05, 0) is 30.9 Å². The predicted octanol–water partition coefficient (Wildman–Crippen LogP) is 1.32. The van der Waals surface area contributed by atoms with Crippen molar-refractivity contribution in [2.45, 2.75) is 25.8 Å². The van der Waals surface area contributed by atoms with Crippen LogP contribution in [0.1, 0.15) is 30.1 Å². The van der Waals surface area contributed by atoms with Crippen molar-refractivity contribution in [3.05, 3.63) is 46.5 Å². The molecule has 2 aromatic rings. The highest BCUT2D eigenvalue weighted by Crippen LogP contribution is 2.23. The van der Waals surface area contributed by atoms with Crippen molar-refractivity contribution in [3.63, 3.8) is 0 Å². The number of nitrogens with zero attached hydrogens (tertiary/aromatic N) is 3. The van der Waals surface area contributed by atoms with Crippen molar-refractivity contribution in [2.24, 2.45) is 11.7 Å². The van der Waals surface area contributed by atoms with Crippen molar-refractivity contribution < 1.29 is 4.79 Å². The maximum absolute atomic E-state index is 12.8. The minimum absolute atomic E-state index is 0. The molecule has 0 radical (unpaired) electrons. The van der Waals surface area contributed by atoms with Gasteiger partial charge in [0.25, 0.3) is 11.5 Å². The van der Waals surface area contributed by atoms with E-state index in [0.717, 1.165) is 12.8 Å². The summed E-state index contributed by atoms with van der Waals surface area (Å²) in [5.74, 6) is 0.284. The second-order valence-electron chi connectivity index (χ2n) is 5.92. The topological polar surface area (TPSA) is 80.7 Å². The van der Waals surface area contributed by atoms with Gasteiger partial charge in [0.2, 0.25) is 0 Å². The molecule has 0 aromatic carbocycles. The Morgan fingerprint density at radius 1 is 1.43 bits per heavy atom. The second-order valence-corrected chi connectivity index (χ2v) is 5.92. The molecule has 3 rings (SSSR count). The number of amides is 1. The van der Waals surface area contributed by atoms with Crippen molar-refractivity contribution >= 4 is 24.0 Å². The van der Waals surface area contributed by atoms with Gasteiger partial charge in [-0.3, -0.25) is 14.0 Å². The lowest BCUT2D eigenvalue weighted by Crippen LogP contribution is -2.50. The lowest BCUT2D eigenvalue weighted by Gasteiger charge is -2.37. The Morgan fingerprint density at radius 2 is 2.22 bits per heavy atom. The molecule has 7 heteroatoms. The molecule has 124 valence electrons. The molecule has 1 aliphatic heterocycles. The third-order valence-corrected chi connectivity index (χ3v) is 4.35. The predicted molar refractivity (Wildman–Crippen MR) is 91.0 cm³/mol. The van der Waals surface area contributed by atoms with Gasteiger partial charge in [-0.2, -0.15) is 0 Å². The van der Waals surface area contributed by atoms with Gasteiger partial charge in [0.1, 0.15) is 11.2 Å². The van der Waals surface area contributed by atoms with Crippen molar-refractivity contribution in [2.75, 3.05) is 13.1 Å². The molecule has 2 unspecified atom stereocenters. The van der Waals surface area contributed by atoms with Crippen LogP contribution in [0, 0.1) is 5.92 Å². The molecule has 1 saturated heterocycles. The summed E-state index contributed by atoms with van der Waals surface area (Å²) >= 11 is 0. The van der Waals surface area contributed by atoms with E-state index >= 15 is 0 Å². The number of halogens is 1. The SMILES string of the molecule is CC1CCN(C(=O)c2cnc3ccccn3c2=O)C(CN)C1.Cl. The van der Waals surface area contributed by atoms with Gasteiger partial charge in [-0.1, -0.05) is 13.0 Å². The standard InChI is InChI=1S/C16H20N4O2.ClH/c1-11-5-7-19(12(8-11)9-17)15(21)13-10-18-14-4-2-3-6-20(14)16(13)22;/h2-4,6,10-12H,5,7-9,17H2,1H3;1H. The van der Waals surface area contributed by atoms with Gasteiger partial charge >= 0.3 is 0 Å². The zero-order chi connectivity index (χ0) is 15.7. The van der Waals surface area contributed by atoms with E-state index in [1.807, 2.05) is 0 Å². The van der Waals surface area contributed by atoms with E-state index in [4.69, 9.17) is 5.73 Å². The largest absolute Gasteiger partial charge is 0.334 e. The first-order valence-corrected chi connectivity index (χ1v) is 7.59. The van der Waals surface area contributed by atoms with Crippen molar-refractivity contribution in [3.8, 4) is 0 Å². The number of hydrogen-bond acceptors (Lipinski definition) is 4. The molecule has 2 aromatic heterocycles. The monoisotopic (exact) mass is 336 g/mol. The van der Waals surface area contributed by atoms with Crippen LogP contribution in [0.5, 0.6) is 0 Å². The number of carbonyl (C=O) groups excluding carboxylic acids is 1. The van der Waals surface area contributed by atoms with Crippen LogP contribution >= 0.6 is 12.4 Å². The van der Waals surface area contributed by atoms with Crippen LogP contribution in [0.25, 0.3) is 5.65 Å². The molecule has 6 nitrogen and oxygen atoms in total.